The fourth-order valence-corrected chi connectivity index (χ4v) is 2.84. The van der Waals surface area contributed by atoms with Crippen LogP contribution in [0, 0.1) is 5.41 Å². The molecule has 0 aromatic heterocycles. The van der Waals surface area contributed by atoms with Gasteiger partial charge in [-0.2, -0.15) is 0 Å². The molecule has 1 aromatic rings. The zero-order valence-corrected chi connectivity index (χ0v) is 12.2. The normalized spacial score (nSPS) is 23.5. The smallest absolute Gasteiger partial charge is 0.0538 e. The molecule has 0 amide bonds. The molecule has 0 aliphatic carbocycles. The van der Waals surface area contributed by atoms with Gasteiger partial charge in [-0.25, -0.2) is 0 Å². The molecule has 18 heavy (non-hydrogen) atoms. The van der Waals surface area contributed by atoms with Crippen molar-refractivity contribution in [3.8, 4) is 0 Å². The standard InChI is InChI=1S/C14H19Cl2NO/c1-2-17-9-14(5-6-18-10-14)8-11-7-12(15)3-4-13(11)16/h3-4,7,17H,2,5-6,8-10H2,1H3. The number of halogens is 2. The van der Waals surface area contributed by atoms with Gasteiger partial charge in [0.05, 0.1) is 6.61 Å². The first-order chi connectivity index (χ1) is 8.65. The second-order valence-electron chi connectivity index (χ2n) is 5.00. The van der Waals surface area contributed by atoms with E-state index in [1.165, 1.54) is 0 Å². The molecule has 1 unspecified atom stereocenters. The summed E-state index contributed by atoms with van der Waals surface area (Å²) in [5, 5.41) is 4.97. The SMILES string of the molecule is CCNCC1(Cc2cc(Cl)ccc2Cl)CCOC1. The van der Waals surface area contributed by atoms with Gasteiger partial charge in [-0.15, -0.1) is 0 Å². The first-order valence-electron chi connectivity index (χ1n) is 6.38. The largest absolute Gasteiger partial charge is 0.381 e. The average Bonchev–Trinajstić information content (AvgIpc) is 2.80. The average molecular weight is 288 g/mol. The maximum Gasteiger partial charge on any atom is 0.0538 e. The maximum atomic E-state index is 6.25. The van der Waals surface area contributed by atoms with Crippen LogP contribution < -0.4 is 5.32 Å². The van der Waals surface area contributed by atoms with Gasteiger partial charge in [0.2, 0.25) is 0 Å². The minimum atomic E-state index is 0.157. The summed E-state index contributed by atoms with van der Waals surface area (Å²) in [6, 6.07) is 5.67. The van der Waals surface area contributed by atoms with E-state index in [9.17, 15) is 0 Å². The second-order valence-corrected chi connectivity index (χ2v) is 5.84. The Bertz CT molecular complexity index is 403. The predicted octanol–water partition coefficient (Wildman–Crippen LogP) is 3.55. The van der Waals surface area contributed by atoms with Crippen molar-refractivity contribution in [1.82, 2.24) is 5.32 Å². The summed E-state index contributed by atoms with van der Waals surface area (Å²) in [5.41, 5.74) is 1.28. The molecule has 1 aliphatic heterocycles. The second kappa shape index (κ2) is 6.25. The van der Waals surface area contributed by atoms with Crippen LogP contribution in [0.15, 0.2) is 18.2 Å². The Kier molecular flexibility index (Phi) is 4.91. The van der Waals surface area contributed by atoms with Crippen LogP contribution >= 0.6 is 23.2 Å². The van der Waals surface area contributed by atoms with Gasteiger partial charge in [0, 0.05) is 28.6 Å². The Hall–Kier alpha value is -0.280. The van der Waals surface area contributed by atoms with E-state index in [0.717, 1.165) is 54.8 Å². The van der Waals surface area contributed by atoms with Gasteiger partial charge >= 0.3 is 0 Å². The van der Waals surface area contributed by atoms with Gasteiger partial charge in [0.25, 0.3) is 0 Å². The zero-order valence-electron chi connectivity index (χ0n) is 10.6. The predicted molar refractivity (Wildman–Crippen MR) is 76.6 cm³/mol. The van der Waals surface area contributed by atoms with Gasteiger partial charge in [-0.1, -0.05) is 30.1 Å². The highest BCUT2D eigenvalue weighted by Crippen LogP contribution is 2.35. The molecule has 1 saturated heterocycles. The Morgan fingerprint density at radius 3 is 2.89 bits per heavy atom. The first-order valence-corrected chi connectivity index (χ1v) is 7.13. The number of nitrogens with one attached hydrogen (secondary N) is 1. The van der Waals surface area contributed by atoms with Crippen LogP contribution in [0.25, 0.3) is 0 Å². The molecule has 100 valence electrons. The summed E-state index contributed by atoms with van der Waals surface area (Å²) >= 11 is 12.3. The molecule has 1 aliphatic rings. The van der Waals surface area contributed by atoms with E-state index in [0.29, 0.717) is 0 Å². The summed E-state index contributed by atoms with van der Waals surface area (Å²) in [7, 11) is 0. The topological polar surface area (TPSA) is 21.3 Å². The van der Waals surface area contributed by atoms with Crippen molar-refractivity contribution in [3.05, 3.63) is 33.8 Å². The highest BCUT2D eigenvalue weighted by molar-refractivity contribution is 6.33. The fraction of sp³-hybridized carbons (Fsp3) is 0.571. The van der Waals surface area contributed by atoms with Gasteiger partial charge < -0.3 is 10.1 Å². The highest BCUT2D eigenvalue weighted by atomic mass is 35.5. The molecule has 0 radical (unpaired) electrons. The van der Waals surface area contributed by atoms with Gasteiger partial charge in [-0.05, 0) is 43.1 Å². The van der Waals surface area contributed by atoms with Crippen molar-refractivity contribution in [1.29, 1.82) is 0 Å². The Morgan fingerprint density at radius 1 is 1.39 bits per heavy atom. The lowest BCUT2D eigenvalue weighted by Gasteiger charge is -2.28. The first kappa shape index (κ1) is 14.1. The summed E-state index contributed by atoms with van der Waals surface area (Å²) < 4.78 is 5.58. The van der Waals surface area contributed by atoms with Crippen LogP contribution in [0.3, 0.4) is 0 Å². The number of hydrogen-bond acceptors (Lipinski definition) is 2. The molecule has 0 spiro atoms. The Labute approximate surface area is 119 Å². The number of ether oxygens (including phenoxy) is 1. The summed E-state index contributed by atoms with van der Waals surface area (Å²) in [6.07, 6.45) is 1.99. The van der Waals surface area contributed by atoms with Crippen LogP contribution in [0.5, 0.6) is 0 Å². The van der Waals surface area contributed by atoms with Crippen LogP contribution in [0.4, 0.5) is 0 Å². The quantitative estimate of drug-likeness (QED) is 0.894. The van der Waals surface area contributed by atoms with E-state index in [4.69, 9.17) is 27.9 Å². The van der Waals surface area contributed by atoms with Crippen LogP contribution in [-0.4, -0.2) is 26.3 Å². The fourth-order valence-electron chi connectivity index (χ4n) is 2.46. The van der Waals surface area contributed by atoms with Crippen LogP contribution in [0.2, 0.25) is 10.0 Å². The van der Waals surface area contributed by atoms with E-state index in [1.807, 2.05) is 18.2 Å². The molecule has 4 heteroatoms. The lowest BCUT2D eigenvalue weighted by Crippen LogP contribution is -2.36. The lowest BCUT2D eigenvalue weighted by atomic mass is 9.81. The van der Waals surface area contributed by atoms with E-state index >= 15 is 0 Å². The van der Waals surface area contributed by atoms with Crippen molar-refractivity contribution >= 4 is 23.2 Å². The van der Waals surface area contributed by atoms with Gasteiger partial charge in [0.15, 0.2) is 0 Å². The third kappa shape index (κ3) is 3.39. The van der Waals surface area contributed by atoms with Crippen molar-refractivity contribution < 1.29 is 4.74 Å². The summed E-state index contributed by atoms with van der Waals surface area (Å²) in [4.78, 5) is 0. The highest BCUT2D eigenvalue weighted by Gasteiger charge is 2.35. The molecule has 0 saturated carbocycles. The molecule has 1 atom stereocenters. The van der Waals surface area contributed by atoms with Crippen molar-refractivity contribution in [3.63, 3.8) is 0 Å². The van der Waals surface area contributed by atoms with Crippen molar-refractivity contribution in [2.45, 2.75) is 19.8 Å². The zero-order chi connectivity index (χ0) is 13.0. The van der Waals surface area contributed by atoms with E-state index < -0.39 is 0 Å². The molecule has 1 fully saturated rings. The Balaban J connectivity index is 2.15. The summed E-state index contributed by atoms with van der Waals surface area (Å²) in [6.45, 7) is 5.69. The molecule has 1 heterocycles. The Morgan fingerprint density at radius 2 is 2.22 bits per heavy atom. The summed E-state index contributed by atoms with van der Waals surface area (Å²) in [5.74, 6) is 0. The number of benzene rings is 1. The van der Waals surface area contributed by atoms with Gasteiger partial charge in [-0.3, -0.25) is 0 Å². The number of hydrogen-bond donors (Lipinski definition) is 1. The van der Waals surface area contributed by atoms with Crippen LogP contribution in [0.1, 0.15) is 18.9 Å². The van der Waals surface area contributed by atoms with Crippen molar-refractivity contribution in [2.24, 2.45) is 5.41 Å². The molecule has 1 N–H and O–H groups in total. The molecular formula is C14H19Cl2NO. The third-order valence-electron chi connectivity index (χ3n) is 3.51. The maximum absolute atomic E-state index is 6.25. The molecule has 2 nitrogen and oxygen atoms in total. The van der Waals surface area contributed by atoms with Crippen LogP contribution in [-0.2, 0) is 11.2 Å². The third-order valence-corrected chi connectivity index (χ3v) is 4.11. The number of rotatable bonds is 5. The lowest BCUT2D eigenvalue weighted by molar-refractivity contribution is 0.149. The molecule has 1 aromatic carbocycles. The van der Waals surface area contributed by atoms with E-state index in [2.05, 4.69) is 12.2 Å². The molecular weight excluding hydrogens is 269 g/mol. The van der Waals surface area contributed by atoms with Crippen molar-refractivity contribution in [2.75, 3.05) is 26.3 Å². The van der Waals surface area contributed by atoms with E-state index in [-0.39, 0.29) is 5.41 Å². The minimum absolute atomic E-state index is 0.157. The minimum Gasteiger partial charge on any atom is -0.381 e. The molecule has 2 rings (SSSR count). The van der Waals surface area contributed by atoms with Gasteiger partial charge in [0.1, 0.15) is 0 Å². The monoisotopic (exact) mass is 287 g/mol. The molecule has 0 bridgehead atoms. The van der Waals surface area contributed by atoms with E-state index in [1.54, 1.807) is 0 Å².